The standard InChI is InChI=1S/C15H26O2/c1-5-6-7-14-12(4)10-17-15(14)13(8-9-16)11(2)3/h10-11,13,16H,5-9H2,1-4H3. The van der Waals surface area contributed by atoms with Gasteiger partial charge in [-0.25, -0.2) is 0 Å². The van der Waals surface area contributed by atoms with Crippen molar-refractivity contribution in [2.45, 2.75) is 59.3 Å². The third-order valence-corrected chi connectivity index (χ3v) is 3.50. The molecule has 0 saturated heterocycles. The lowest BCUT2D eigenvalue weighted by molar-refractivity contribution is 0.248. The molecule has 0 aliphatic heterocycles. The van der Waals surface area contributed by atoms with Gasteiger partial charge in [-0.15, -0.1) is 0 Å². The number of rotatable bonds is 7. The molecule has 1 N–H and O–H groups in total. The van der Waals surface area contributed by atoms with Crippen LogP contribution in [0.25, 0.3) is 0 Å². The van der Waals surface area contributed by atoms with Gasteiger partial charge in [0, 0.05) is 12.5 Å². The molecule has 0 fully saturated rings. The first-order chi connectivity index (χ1) is 8.11. The third-order valence-electron chi connectivity index (χ3n) is 3.50. The highest BCUT2D eigenvalue weighted by Crippen LogP contribution is 2.33. The average molecular weight is 238 g/mol. The summed E-state index contributed by atoms with van der Waals surface area (Å²) in [4.78, 5) is 0. The van der Waals surface area contributed by atoms with Crippen LogP contribution in [0.5, 0.6) is 0 Å². The Morgan fingerprint density at radius 2 is 2.06 bits per heavy atom. The van der Waals surface area contributed by atoms with Crippen LogP contribution in [0.15, 0.2) is 10.7 Å². The Hall–Kier alpha value is -0.760. The largest absolute Gasteiger partial charge is 0.468 e. The molecule has 0 amide bonds. The predicted molar refractivity (Wildman–Crippen MR) is 71.3 cm³/mol. The number of aliphatic hydroxyl groups excluding tert-OH is 1. The van der Waals surface area contributed by atoms with Crippen molar-refractivity contribution >= 4 is 0 Å². The van der Waals surface area contributed by atoms with E-state index in [0.717, 1.165) is 18.6 Å². The van der Waals surface area contributed by atoms with Crippen LogP contribution in [0.3, 0.4) is 0 Å². The smallest absolute Gasteiger partial charge is 0.110 e. The zero-order chi connectivity index (χ0) is 12.8. The molecule has 0 aromatic carbocycles. The molecule has 17 heavy (non-hydrogen) atoms. The molecule has 1 rings (SSSR count). The molecule has 2 heteroatoms. The molecule has 2 nitrogen and oxygen atoms in total. The highest BCUT2D eigenvalue weighted by Gasteiger charge is 2.23. The van der Waals surface area contributed by atoms with Gasteiger partial charge in [0.25, 0.3) is 0 Å². The first kappa shape index (κ1) is 14.3. The minimum atomic E-state index is 0.232. The zero-order valence-corrected chi connectivity index (χ0v) is 11.6. The Balaban J connectivity index is 2.93. The highest BCUT2D eigenvalue weighted by atomic mass is 16.3. The van der Waals surface area contributed by atoms with Crippen molar-refractivity contribution in [2.75, 3.05) is 6.61 Å². The second-order valence-corrected chi connectivity index (χ2v) is 5.23. The summed E-state index contributed by atoms with van der Waals surface area (Å²) in [5.74, 6) is 1.97. The fourth-order valence-electron chi connectivity index (χ4n) is 2.38. The SMILES string of the molecule is CCCCc1c(C)coc1C(CCO)C(C)C. The Bertz CT molecular complexity index is 326. The van der Waals surface area contributed by atoms with Crippen molar-refractivity contribution in [3.05, 3.63) is 23.2 Å². The summed E-state index contributed by atoms with van der Waals surface area (Å²) in [6, 6.07) is 0. The Morgan fingerprint density at radius 3 is 2.59 bits per heavy atom. The first-order valence-corrected chi connectivity index (χ1v) is 6.79. The molecule has 1 aromatic heterocycles. The summed E-state index contributed by atoms with van der Waals surface area (Å²) in [5, 5.41) is 9.18. The molecular weight excluding hydrogens is 212 g/mol. The van der Waals surface area contributed by atoms with E-state index in [-0.39, 0.29) is 6.61 Å². The maximum absolute atomic E-state index is 9.18. The summed E-state index contributed by atoms with van der Waals surface area (Å²) in [6.07, 6.45) is 6.17. The van der Waals surface area contributed by atoms with Crippen molar-refractivity contribution in [3.8, 4) is 0 Å². The van der Waals surface area contributed by atoms with E-state index in [2.05, 4.69) is 27.7 Å². The summed E-state index contributed by atoms with van der Waals surface area (Å²) >= 11 is 0. The van der Waals surface area contributed by atoms with Crippen molar-refractivity contribution < 1.29 is 9.52 Å². The van der Waals surface area contributed by atoms with E-state index in [1.165, 1.54) is 24.0 Å². The van der Waals surface area contributed by atoms with Gasteiger partial charge in [0.2, 0.25) is 0 Å². The molecule has 0 radical (unpaired) electrons. The van der Waals surface area contributed by atoms with Gasteiger partial charge in [-0.1, -0.05) is 27.2 Å². The van der Waals surface area contributed by atoms with E-state index < -0.39 is 0 Å². The van der Waals surface area contributed by atoms with Crippen LogP contribution in [0.2, 0.25) is 0 Å². The Morgan fingerprint density at radius 1 is 1.35 bits per heavy atom. The van der Waals surface area contributed by atoms with Crippen LogP contribution >= 0.6 is 0 Å². The van der Waals surface area contributed by atoms with Gasteiger partial charge < -0.3 is 9.52 Å². The minimum absolute atomic E-state index is 0.232. The third kappa shape index (κ3) is 3.60. The maximum atomic E-state index is 9.18. The van der Waals surface area contributed by atoms with E-state index in [9.17, 15) is 5.11 Å². The van der Waals surface area contributed by atoms with Crippen molar-refractivity contribution in [3.63, 3.8) is 0 Å². The number of furan rings is 1. The topological polar surface area (TPSA) is 33.4 Å². The van der Waals surface area contributed by atoms with E-state index in [1.54, 1.807) is 0 Å². The molecule has 0 aliphatic carbocycles. The highest BCUT2D eigenvalue weighted by molar-refractivity contribution is 5.29. The molecule has 1 atom stereocenters. The fourth-order valence-corrected chi connectivity index (χ4v) is 2.38. The molecule has 0 spiro atoms. The van der Waals surface area contributed by atoms with E-state index in [4.69, 9.17) is 4.42 Å². The van der Waals surface area contributed by atoms with E-state index >= 15 is 0 Å². The Labute approximate surface area is 105 Å². The number of aryl methyl sites for hydroxylation is 1. The van der Waals surface area contributed by atoms with Crippen molar-refractivity contribution in [1.29, 1.82) is 0 Å². The lowest BCUT2D eigenvalue weighted by Gasteiger charge is -2.19. The number of hydrogen-bond donors (Lipinski definition) is 1. The van der Waals surface area contributed by atoms with Crippen molar-refractivity contribution in [2.24, 2.45) is 5.92 Å². The van der Waals surface area contributed by atoms with Gasteiger partial charge >= 0.3 is 0 Å². The molecular formula is C15H26O2. The van der Waals surface area contributed by atoms with Gasteiger partial charge in [-0.2, -0.15) is 0 Å². The lowest BCUT2D eigenvalue weighted by Crippen LogP contribution is -2.10. The summed E-state index contributed by atoms with van der Waals surface area (Å²) < 4.78 is 5.76. The number of unbranched alkanes of at least 4 members (excludes halogenated alkanes) is 1. The zero-order valence-electron chi connectivity index (χ0n) is 11.6. The van der Waals surface area contributed by atoms with Gasteiger partial charge in [0.15, 0.2) is 0 Å². The Kier molecular flexibility index (Phi) is 5.76. The van der Waals surface area contributed by atoms with E-state index in [1.807, 2.05) is 6.26 Å². The fraction of sp³-hybridized carbons (Fsp3) is 0.733. The lowest BCUT2D eigenvalue weighted by atomic mass is 9.87. The van der Waals surface area contributed by atoms with Crippen LogP contribution in [-0.4, -0.2) is 11.7 Å². The number of aliphatic hydroxyl groups is 1. The molecule has 0 aliphatic rings. The molecule has 1 unspecified atom stereocenters. The summed E-state index contributed by atoms with van der Waals surface area (Å²) in [6.45, 7) is 8.95. The van der Waals surface area contributed by atoms with Gasteiger partial charge in [0.05, 0.1) is 6.26 Å². The van der Waals surface area contributed by atoms with E-state index in [0.29, 0.717) is 11.8 Å². The summed E-state index contributed by atoms with van der Waals surface area (Å²) in [7, 11) is 0. The summed E-state index contributed by atoms with van der Waals surface area (Å²) in [5.41, 5.74) is 2.64. The average Bonchev–Trinajstić information content (AvgIpc) is 2.64. The second-order valence-electron chi connectivity index (χ2n) is 5.23. The van der Waals surface area contributed by atoms with Crippen LogP contribution < -0.4 is 0 Å². The minimum Gasteiger partial charge on any atom is -0.468 e. The van der Waals surface area contributed by atoms with Crippen LogP contribution in [0.4, 0.5) is 0 Å². The second kappa shape index (κ2) is 6.85. The quantitative estimate of drug-likeness (QED) is 0.777. The monoisotopic (exact) mass is 238 g/mol. The molecule has 0 bridgehead atoms. The van der Waals surface area contributed by atoms with Crippen LogP contribution in [-0.2, 0) is 6.42 Å². The maximum Gasteiger partial charge on any atom is 0.110 e. The number of hydrogen-bond acceptors (Lipinski definition) is 2. The predicted octanol–water partition coefficient (Wildman–Crippen LogP) is 4.05. The molecule has 0 saturated carbocycles. The first-order valence-electron chi connectivity index (χ1n) is 6.79. The van der Waals surface area contributed by atoms with Gasteiger partial charge in [0.1, 0.15) is 5.76 Å². The van der Waals surface area contributed by atoms with Gasteiger partial charge in [-0.3, -0.25) is 0 Å². The normalized spacial score (nSPS) is 13.3. The molecule has 1 aromatic rings. The molecule has 1 heterocycles. The van der Waals surface area contributed by atoms with Crippen LogP contribution in [0, 0.1) is 12.8 Å². The van der Waals surface area contributed by atoms with Crippen LogP contribution in [0.1, 0.15) is 62.8 Å². The molecule has 98 valence electrons. The van der Waals surface area contributed by atoms with Gasteiger partial charge in [-0.05, 0) is 43.2 Å². The van der Waals surface area contributed by atoms with Crippen molar-refractivity contribution in [1.82, 2.24) is 0 Å².